The highest BCUT2D eigenvalue weighted by Crippen LogP contribution is 2.29. The van der Waals surface area contributed by atoms with Crippen molar-refractivity contribution in [3.63, 3.8) is 0 Å². The third-order valence-corrected chi connectivity index (χ3v) is 4.16. The monoisotopic (exact) mass is 396 g/mol. The van der Waals surface area contributed by atoms with E-state index in [2.05, 4.69) is 5.32 Å². The number of benzene rings is 2. The van der Waals surface area contributed by atoms with E-state index in [1.807, 2.05) is 36.4 Å². The lowest BCUT2D eigenvalue weighted by atomic mass is 10.2. The number of amides is 1. The van der Waals surface area contributed by atoms with E-state index in [1.165, 1.54) is 6.08 Å². The van der Waals surface area contributed by atoms with Crippen LogP contribution in [-0.4, -0.2) is 5.91 Å². The molecule has 1 N–H and O–H groups in total. The number of hydrogen-bond acceptors (Lipinski definition) is 3. The van der Waals surface area contributed by atoms with Gasteiger partial charge in [0.15, 0.2) is 0 Å². The number of carbonyl (C=O) groups excluding carboxylic acids is 1. The van der Waals surface area contributed by atoms with E-state index in [-0.39, 0.29) is 5.57 Å². The highest BCUT2D eigenvalue weighted by Gasteiger charge is 2.11. The van der Waals surface area contributed by atoms with Crippen LogP contribution >= 0.6 is 23.2 Å². The summed E-state index contributed by atoms with van der Waals surface area (Å²) in [6, 6.07) is 19.8. The van der Waals surface area contributed by atoms with E-state index < -0.39 is 5.91 Å². The third-order valence-electron chi connectivity index (χ3n) is 3.72. The van der Waals surface area contributed by atoms with E-state index in [0.29, 0.717) is 33.7 Å². The van der Waals surface area contributed by atoms with Gasteiger partial charge in [-0.1, -0.05) is 53.5 Å². The summed E-state index contributed by atoms with van der Waals surface area (Å²) in [7, 11) is 0. The highest BCUT2D eigenvalue weighted by molar-refractivity contribution is 6.35. The Bertz CT molecular complexity index is 1010. The highest BCUT2D eigenvalue weighted by atomic mass is 35.5. The maximum Gasteiger partial charge on any atom is 0.262 e. The predicted molar refractivity (Wildman–Crippen MR) is 106 cm³/mol. The summed E-state index contributed by atoms with van der Waals surface area (Å²) in [4.78, 5) is 12.2. The largest absolute Gasteiger partial charge is 0.457 e. The summed E-state index contributed by atoms with van der Waals surface area (Å²) >= 11 is 12.0. The Labute approximate surface area is 166 Å². The molecule has 2 aromatic carbocycles. The Kier molecular flexibility index (Phi) is 5.97. The lowest BCUT2D eigenvalue weighted by molar-refractivity contribution is -0.117. The molecule has 0 aliphatic heterocycles. The number of hydrogen-bond donors (Lipinski definition) is 1. The van der Waals surface area contributed by atoms with Crippen LogP contribution in [0.5, 0.6) is 0 Å². The molecule has 1 heterocycles. The predicted octanol–water partition coefficient (Wildman–Crippen LogP) is 5.48. The molecule has 0 fully saturated rings. The number of furan rings is 1. The van der Waals surface area contributed by atoms with Gasteiger partial charge in [0.2, 0.25) is 0 Å². The second kappa shape index (κ2) is 8.59. The van der Waals surface area contributed by atoms with Gasteiger partial charge in [0.05, 0.1) is 0 Å². The van der Waals surface area contributed by atoms with E-state index >= 15 is 0 Å². The molecule has 3 rings (SSSR count). The van der Waals surface area contributed by atoms with Gasteiger partial charge in [-0.05, 0) is 35.9 Å². The summed E-state index contributed by atoms with van der Waals surface area (Å²) in [6.07, 6.45) is 1.40. The summed E-state index contributed by atoms with van der Waals surface area (Å²) in [5, 5.41) is 13.0. The Morgan fingerprint density at radius 2 is 1.78 bits per heavy atom. The molecule has 0 aliphatic rings. The summed E-state index contributed by atoms with van der Waals surface area (Å²) in [5.41, 5.74) is 1.61. The zero-order valence-electron chi connectivity index (χ0n) is 14.1. The molecule has 0 aliphatic carbocycles. The van der Waals surface area contributed by atoms with Crippen molar-refractivity contribution in [2.24, 2.45) is 0 Å². The first-order valence-electron chi connectivity index (χ1n) is 8.05. The minimum Gasteiger partial charge on any atom is -0.457 e. The second-order valence-corrected chi connectivity index (χ2v) is 6.57. The van der Waals surface area contributed by atoms with Gasteiger partial charge in [0.25, 0.3) is 5.91 Å². The standard InChI is InChI=1S/C21H14Cl2N2O2/c22-17-8-15(9-18(23)11-17)20-7-6-19(27-20)10-16(12-24)21(26)25-13-14-4-2-1-3-5-14/h1-11H,13H2,(H,25,26)/b16-10-. The normalized spacial score (nSPS) is 11.1. The molecule has 6 heteroatoms. The number of nitrogens with one attached hydrogen (secondary N) is 1. The zero-order chi connectivity index (χ0) is 19.2. The fraction of sp³-hybridized carbons (Fsp3) is 0.0476. The average molecular weight is 397 g/mol. The Morgan fingerprint density at radius 3 is 2.44 bits per heavy atom. The summed E-state index contributed by atoms with van der Waals surface area (Å²) < 4.78 is 5.70. The molecular formula is C21H14Cl2N2O2. The third kappa shape index (κ3) is 5.01. The van der Waals surface area contributed by atoms with Crippen LogP contribution in [0.25, 0.3) is 17.4 Å². The molecule has 0 spiro atoms. The van der Waals surface area contributed by atoms with Gasteiger partial charge in [-0.25, -0.2) is 0 Å². The zero-order valence-corrected chi connectivity index (χ0v) is 15.6. The van der Waals surface area contributed by atoms with Crippen molar-refractivity contribution in [2.45, 2.75) is 6.54 Å². The molecule has 134 valence electrons. The SMILES string of the molecule is N#C/C(=C/c1ccc(-c2cc(Cl)cc(Cl)c2)o1)C(=O)NCc1ccccc1. The van der Waals surface area contributed by atoms with Crippen LogP contribution in [0.4, 0.5) is 0 Å². The number of nitrogens with zero attached hydrogens (tertiary/aromatic N) is 1. The molecule has 0 radical (unpaired) electrons. The number of nitriles is 1. The fourth-order valence-corrected chi connectivity index (χ4v) is 2.97. The van der Waals surface area contributed by atoms with Gasteiger partial charge >= 0.3 is 0 Å². The van der Waals surface area contributed by atoms with Crippen LogP contribution in [0.15, 0.2) is 70.7 Å². The maximum atomic E-state index is 12.2. The second-order valence-electron chi connectivity index (χ2n) is 5.70. The van der Waals surface area contributed by atoms with Crippen molar-refractivity contribution in [3.05, 3.63) is 87.6 Å². The van der Waals surface area contributed by atoms with Crippen molar-refractivity contribution in [2.75, 3.05) is 0 Å². The molecule has 0 saturated heterocycles. The molecule has 1 aromatic heterocycles. The van der Waals surface area contributed by atoms with Crippen molar-refractivity contribution in [1.82, 2.24) is 5.32 Å². The molecule has 0 unspecified atom stereocenters. The first-order valence-corrected chi connectivity index (χ1v) is 8.81. The van der Waals surface area contributed by atoms with Gasteiger partial charge in [0, 0.05) is 28.2 Å². The van der Waals surface area contributed by atoms with E-state index in [4.69, 9.17) is 27.6 Å². The van der Waals surface area contributed by atoms with Crippen LogP contribution < -0.4 is 5.32 Å². The van der Waals surface area contributed by atoms with Gasteiger partial charge in [-0.3, -0.25) is 4.79 Å². The minimum absolute atomic E-state index is 0.0454. The molecule has 27 heavy (non-hydrogen) atoms. The molecular weight excluding hydrogens is 383 g/mol. The van der Waals surface area contributed by atoms with Gasteiger partial charge in [-0.15, -0.1) is 0 Å². The van der Waals surface area contributed by atoms with E-state index in [1.54, 1.807) is 30.3 Å². The molecule has 1 amide bonds. The minimum atomic E-state index is -0.467. The van der Waals surface area contributed by atoms with Crippen molar-refractivity contribution in [3.8, 4) is 17.4 Å². The first kappa shape index (κ1) is 18.8. The van der Waals surface area contributed by atoms with Gasteiger partial charge < -0.3 is 9.73 Å². The Morgan fingerprint density at radius 1 is 1.07 bits per heavy atom. The van der Waals surface area contributed by atoms with Crippen molar-refractivity contribution < 1.29 is 9.21 Å². The quantitative estimate of drug-likeness (QED) is 0.458. The first-order chi connectivity index (χ1) is 13.0. The van der Waals surface area contributed by atoms with Crippen molar-refractivity contribution in [1.29, 1.82) is 5.26 Å². The van der Waals surface area contributed by atoms with Crippen LogP contribution in [0.3, 0.4) is 0 Å². The molecule has 0 saturated carbocycles. The van der Waals surface area contributed by atoms with Gasteiger partial charge in [0.1, 0.15) is 23.2 Å². The van der Waals surface area contributed by atoms with Gasteiger partial charge in [-0.2, -0.15) is 5.26 Å². The summed E-state index contributed by atoms with van der Waals surface area (Å²) in [6.45, 7) is 0.336. The lowest BCUT2D eigenvalue weighted by Gasteiger charge is -2.04. The van der Waals surface area contributed by atoms with Crippen LogP contribution in [0.1, 0.15) is 11.3 Å². The summed E-state index contributed by atoms with van der Waals surface area (Å²) in [5.74, 6) is 0.449. The molecule has 3 aromatic rings. The number of carbonyl (C=O) groups is 1. The van der Waals surface area contributed by atoms with Crippen molar-refractivity contribution >= 4 is 35.2 Å². The number of halogens is 2. The van der Waals surface area contributed by atoms with E-state index in [9.17, 15) is 10.1 Å². The Hall–Kier alpha value is -3.00. The molecule has 0 bridgehead atoms. The lowest BCUT2D eigenvalue weighted by Crippen LogP contribution is -2.23. The fourth-order valence-electron chi connectivity index (χ4n) is 2.45. The topological polar surface area (TPSA) is 66.0 Å². The van der Waals surface area contributed by atoms with Crippen LogP contribution in [0.2, 0.25) is 10.0 Å². The van der Waals surface area contributed by atoms with Crippen LogP contribution in [0, 0.1) is 11.3 Å². The Balaban J connectivity index is 1.75. The molecule has 0 atom stereocenters. The molecule has 4 nitrogen and oxygen atoms in total. The average Bonchev–Trinajstić information content (AvgIpc) is 3.13. The number of rotatable bonds is 5. The maximum absolute atomic E-state index is 12.2. The van der Waals surface area contributed by atoms with Crippen LogP contribution in [-0.2, 0) is 11.3 Å². The smallest absolute Gasteiger partial charge is 0.262 e. The van der Waals surface area contributed by atoms with E-state index in [0.717, 1.165) is 5.56 Å².